The minimum atomic E-state index is -1.22. The highest BCUT2D eigenvalue weighted by Crippen LogP contribution is 2.30. The van der Waals surface area contributed by atoms with Crippen LogP contribution in [0.3, 0.4) is 0 Å². The smallest absolute Gasteiger partial charge is 0.251 e. The van der Waals surface area contributed by atoms with Crippen LogP contribution in [0.2, 0.25) is 0 Å². The van der Waals surface area contributed by atoms with Crippen LogP contribution in [-0.4, -0.2) is 30.2 Å². The van der Waals surface area contributed by atoms with Crippen LogP contribution in [0, 0.1) is 0 Å². The summed E-state index contributed by atoms with van der Waals surface area (Å²) in [4.78, 5) is 25.2. The maximum absolute atomic E-state index is 12.3. The molecule has 0 saturated heterocycles. The number of para-hydroxylation sites is 2. The molecule has 0 aliphatic carbocycles. The molecule has 1 aromatic carbocycles. The predicted molar refractivity (Wildman–Crippen MR) is 74.4 cm³/mol. The quantitative estimate of drug-likeness (QED) is 0.633. The Kier molecular flexibility index (Phi) is 4.51. The normalized spacial score (nSPS) is 13.6. The second kappa shape index (κ2) is 5.52. The first-order valence-electron chi connectivity index (χ1n) is 5.43. The van der Waals surface area contributed by atoms with Gasteiger partial charge in [0.15, 0.2) is 10.1 Å². The lowest BCUT2D eigenvalue weighted by Gasteiger charge is -2.26. The first-order valence-corrected chi connectivity index (χ1v) is 6.22. The van der Waals surface area contributed by atoms with Crippen molar-refractivity contribution in [1.82, 2.24) is 0 Å². The first-order chi connectivity index (χ1) is 8.32. The van der Waals surface area contributed by atoms with Gasteiger partial charge in [0.25, 0.3) is 5.91 Å². The molecule has 0 fully saturated rings. The minimum absolute atomic E-state index is 0.241. The van der Waals surface area contributed by atoms with E-state index in [1.54, 1.807) is 32.2 Å². The van der Waals surface area contributed by atoms with Crippen LogP contribution in [-0.2, 0) is 9.59 Å². The summed E-state index contributed by atoms with van der Waals surface area (Å²) in [5, 5.41) is 0. The molecule has 0 saturated carbocycles. The number of hydrogen-bond acceptors (Lipinski definition) is 3. The third kappa shape index (κ3) is 2.72. The lowest BCUT2D eigenvalue weighted by Crippen LogP contribution is -2.45. The van der Waals surface area contributed by atoms with E-state index in [0.717, 1.165) is 0 Å². The van der Waals surface area contributed by atoms with Gasteiger partial charge in [0, 0.05) is 7.05 Å². The van der Waals surface area contributed by atoms with Crippen LogP contribution >= 0.6 is 15.9 Å². The van der Waals surface area contributed by atoms with Crippen LogP contribution in [0.4, 0.5) is 5.69 Å². The van der Waals surface area contributed by atoms with Gasteiger partial charge < -0.3 is 9.64 Å². The predicted octanol–water partition coefficient (Wildman–Crippen LogP) is 2.40. The van der Waals surface area contributed by atoms with Crippen molar-refractivity contribution < 1.29 is 14.3 Å². The van der Waals surface area contributed by atoms with Crippen molar-refractivity contribution in [3.8, 4) is 5.75 Å². The Bertz CT molecular complexity index is 471. The van der Waals surface area contributed by atoms with E-state index in [1.807, 2.05) is 6.07 Å². The molecule has 1 unspecified atom stereocenters. The summed E-state index contributed by atoms with van der Waals surface area (Å²) in [6.45, 7) is 2.92. The van der Waals surface area contributed by atoms with E-state index in [-0.39, 0.29) is 11.7 Å². The highest BCUT2D eigenvalue weighted by atomic mass is 79.9. The van der Waals surface area contributed by atoms with Gasteiger partial charge in [-0.05, 0) is 26.0 Å². The summed E-state index contributed by atoms with van der Waals surface area (Å²) >= 11 is 3.17. The van der Waals surface area contributed by atoms with Crippen molar-refractivity contribution in [2.45, 2.75) is 18.2 Å². The number of carbonyl (C=O) groups is 2. The fourth-order valence-electron chi connectivity index (χ4n) is 1.48. The van der Waals surface area contributed by atoms with Gasteiger partial charge in [-0.3, -0.25) is 9.59 Å². The Balaban J connectivity index is 3.11. The third-order valence-corrected chi connectivity index (χ3v) is 3.71. The summed E-state index contributed by atoms with van der Waals surface area (Å²) < 4.78 is 3.98. The molecule has 1 rings (SSSR count). The van der Waals surface area contributed by atoms with E-state index < -0.39 is 4.32 Å². The lowest BCUT2D eigenvalue weighted by molar-refractivity contribution is -0.128. The Morgan fingerprint density at radius 1 is 1.33 bits per heavy atom. The Morgan fingerprint density at radius 3 is 2.39 bits per heavy atom. The molecule has 1 amide bonds. The third-order valence-electron chi connectivity index (χ3n) is 2.81. The van der Waals surface area contributed by atoms with Crippen LogP contribution < -0.4 is 9.64 Å². The molecule has 1 atom stereocenters. The van der Waals surface area contributed by atoms with E-state index in [2.05, 4.69) is 15.9 Å². The van der Waals surface area contributed by atoms with E-state index in [0.29, 0.717) is 11.4 Å². The maximum Gasteiger partial charge on any atom is 0.251 e. The van der Waals surface area contributed by atoms with E-state index in [9.17, 15) is 9.59 Å². The Morgan fingerprint density at radius 2 is 1.89 bits per heavy atom. The molecule has 0 N–H and O–H groups in total. The summed E-state index contributed by atoms with van der Waals surface area (Å²) in [5.74, 6) is 0.00829. The average Bonchev–Trinajstić information content (AvgIpc) is 2.36. The number of carbonyl (C=O) groups excluding carboxylic acids is 2. The topological polar surface area (TPSA) is 46.6 Å². The Hall–Kier alpha value is -1.36. The molecule has 1 aromatic rings. The zero-order chi connectivity index (χ0) is 13.9. The fraction of sp³-hybridized carbons (Fsp3) is 0.385. The molecule has 0 aliphatic rings. The van der Waals surface area contributed by atoms with Gasteiger partial charge >= 0.3 is 0 Å². The molecule has 0 heterocycles. The highest BCUT2D eigenvalue weighted by molar-refractivity contribution is 9.10. The van der Waals surface area contributed by atoms with Gasteiger partial charge in [-0.1, -0.05) is 28.1 Å². The van der Waals surface area contributed by atoms with Crippen molar-refractivity contribution >= 4 is 33.3 Å². The number of nitrogens with zero attached hydrogens (tertiary/aromatic N) is 1. The number of ketones is 1. The molecular weight excluding hydrogens is 298 g/mol. The van der Waals surface area contributed by atoms with Crippen molar-refractivity contribution in [3.63, 3.8) is 0 Å². The second-order valence-electron chi connectivity index (χ2n) is 4.10. The van der Waals surface area contributed by atoms with Crippen LogP contribution in [0.1, 0.15) is 13.8 Å². The standard InChI is InChI=1S/C13H16BrNO3/c1-9(16)13(2,14)12(17)15(3)10-7-5-6-8-11(10)18-4/h5-8H,1-4H3. The Labute approximate surface area is 115 Å². The van der Waals surface area contributed by atoms with Gasteiger partial charge in [0.05, 0.1) is 12.8 Å². The molecule has 18 heavy (non-hydrogen) atoms. The zero-order valence-electron chi connectivity index (χ0n) is 10.9. The number of Topliss-reactive ketones (excluding diaryl/α,β-unsaturated/α-hetero) is 1. The summed E-state index contributed by atoms with van der Waals surface area (Å²) in [7, 11) is 3.15. The minimum Gasteiger partial charge on any atom is -0.495 e. The molecular formula is C13H16BrNO3. The lowest BCUT2D eigenvalue weighted by atomic mass is 10.1. The largest absolute Gasteiger partial charge is 0.495 e. The molecule has 0 aliphatic heterocycles. The molecule has 0 bridgehead atoms. The number of halogens is 1. The number of ether oxygens (including phenoxy) is 1. The highest BCUT2D eigenvalue weighted by Gasteiger charge is 2.38. The summed E-state index contributed by atoms with van der Waals surface area (Å²) in [5.41, 5.74) is 0.622. The average molecular weight is 314 g/mol. The van der Waals surface area contributed by atoms with E-state index in [4.69, 9.17) is 4.74 Å². The number of amides is 1. The number of anilines is 1. The number of hydrogen-bond donors (Lipinski definition) is 0. The van der Waals surface area contributed by atoms with Crippen LogP contribution in [0.5, 0.6) is 5.75 Å². The van der Waals surface area contributed by atoms with Gasteiger partial charge in [-0.15, -0.1) is 0 Å². The van der Waals surface area contributed by atoms with Crippen molar-refractivity contribution in [2.24, 2.45) is 0 Å². The van der Waals surface area contributed by atoms with E-state index >= 15 is 0 Å². The summed E-state index contributed by atoms with van der Waals surface area (Å²) in [6.07, 6.45) is 0. The second-order valence-corrected chi connectivity index (χ2v) is 5.68. The van der Waals surface area contributed by atoms with Crippen molar-refractivity contribution in [2.75, 3.05) is 19.1 Å². The monoisotopic (exact) mass is 313 g/mol. The van der Waals surface area contributed by atoms with Gasteiger partial charge in [-0.2, -0.15) is 0 Å². The fourth-order valence-corrected chi connectivity index (χ4v) is 1.75. The van der Waals surface area contributed by atoms with Gasteiger partial charge in [0.1, 0.15) is 5.75 Å². The van der Waals surface area contributed by atoms with Gasteiger partial charge in [0.2, 0.25) is 0 Å². The zero-order valence-corrected chi connectivity index (χ0v) is 12.4. The van der Waals surface area contributed by atoms with E-state index in [1.165, 1.54) is 18.9 Å². The van der Waals surface area contributed by atoms with Crippen LogP contribution in [0.25, 0.3) is 0 Å². The molecule has 0 aromatic heterocycles. The molecule has 4 nitrogen and oxygen atoms in total. The molecule has 98 valence electrons. The summed E-state index contributed by atoms with van der Waals surface area (Å²) in [6, 6.07) is 7.15. The molecule has 5 heteroatoms. The molecule has 0 spiro atoms. The van der Waals surface area contributed by atoms with Crippen molar-refractivity contribution in [1.29, 1.82) is 0 Å². The number of alkyl halides is 1. The maximum atomic E-state index is 12.3. The molecule has 0 radical (unpaired) electrons. The van der Waals surface area contributed by atoms with Gasteiger partial charge in [-0.25, -0.2) is 0 Å². The number of methoxy groups -OCH3 is 1. The number of rotatable bonds is 4. The SMILES string of the molecule is COc1ccccc1N(C)C(=O)C(C)(Br)C(C)=O. The van der Waals surface area contributed by atoms with Crippen molar-refractivity contribution in [3.05, 3.63) is 24.3 Å². The first kappa shape index (κ1) is 14.7. The number of benzene rings is 1. The van der Waals surface area contributed by atoms with Crippen LogP contribution in [0.15, 0.2) is 24.3 Å².